The van der Waals surface area contributed by atoms with Crippen molar-refractivity contribution >= 4 is 15.7 Å². The molecule has 1 N–H and O–H groups in total. The number of halogens is 1. The van der Waals surface area contributed by atoms with Gasteiger partial charge in [-0.2, -0.15) is 0 Å². The standard InChI is InChI=1S/C13H12FNO3S/c1-15(11-4-6-12(16)7-5-11)19(17,18)13-8-2-10(14)3-9-13/h2-9,16H,1H3. The van der Waals surface area contributed by atoms with E-state index in [-0.39, 0.29) is 10.6 Å². The molecule has 4 nitrogen and oxygen atoms in total. The first-order valence-electron chi connectivity index (χ1n) is 5.45. The molecule has 2 aromatic carbocycles. The second-order valence-electron chi connectivity index (χ2n) is 3.94. The summed E-state index contributed by atoms with van der Waals surface area (Å²) < 4.78 is 38.4. The summed E-state index contributed by atoms with van der Waals surface area (Å²) in [5.41, 5.74) is 0.405. The van der Waals surface area contributed by atoms with Crippen LogP contribution >= 0.6 is 0 Å². The first-order chi connectivity index (χ1) is 8.91. The molecule has 0 aliphatic rings. The monoisotopic (exact) mass is 281 g/mol. The summed E-state index contributed by atoms with van der Waals surface area (Å²) >= 11 is 0. The van der Waals surface area contributed by atoms with Crippen LogP contribution < -0.4 is 4.31 Å². The fraction of sp³-hybridized carbons (Fsp3) is 0.0769. The molecule has 2 aromatic rings. The van der Waals surface area contributed by atoms with Crippen LogP contribution in [-0.2, 0) is 10.0 Å². The average Bonchev–Trinajstić information content (AvgIpc) is 2.39. The van der Waals surface area contributed by atoms with Gasteiger partial charge in [-0.15, -0.1) is 0 Å². The van der Waals surface area contributed by atoms with Gasteiger partial charge in [0.1, 0.15) is 11.6 Å². The maximum Gasteiger partial charge on any atom is 0.264 e. The number of benzene rings is 2. The van der Waals surface area contributed by atoms with E-state index in [2.05, 4.69) is 0 Å². The van der Waals surface area contributed by atoms with E-state index in [4.69, 9.17) is 0 Å². The summed E-state index contributed by atoms with van der Waals surface area (Å²) in [4.78, 5) is 0.00414. The van der Waals surface area contributed by atoms with E-state index in [9.17, 15) is 17.9 Å². The van der Waals surface area contributed by atoms with E-state index in [1.165, 1.54) is 43.4 Å². The molecular formula is C13H12FNO3S. The summed E-state index contributed by atoms with van der Waals surface area (Å²) in [7, 11) is -2.34. The topological polar surface area (TPSA) is 57.6 Å². The third-order valence-corrected chi connectivity index (χ3v) is 4.49. The molecule has 0 saturated carbocycles. The predicted octanol–water partition coefficient (Wildman–Crippen LogP) is 2.36. The molecule has 0 radical (unpaired) electrons. The third kappa shape index (κ3) is 2.68. The summed E-state index contributed by atoms with van der Waals surface area (Å²) in [6.45, 7) is 0. The molecule has 0 spiro atoms. The molecule has 0 bridgehead atoms. The molecule has 0 aliphatic heterocycles. The minimum atomic E-state index is -3.74. The first-order valence-corrected chi connectivity index (χ1v) is 6.89. The largest absolute Gasteiger partial charge is 0.508 e. The van der Waals surface area contributed by atoms with Gasteiger partial charge in [0, 0.05) is 7.05 Å². The van der Waals surface area contributed by atoms with Crippen LogP contribution in [0.5, 0.6) is 5.75 Å². The number of hydrogen-bond acceptors (Lipinski definition) is 3. The van der Waals surface area contributed by atoms with Crippen LogP contribution in [0.2, 0.25) is 0 Å². The van der Waals surface area contributed by atoms with E-state index in [1.807, 2.05) is 0 Å². The fourth-order valence-corrected chi connectivity index (χ4v) is 2.76. The van der Waals surface area contributed by atoms with Crippen molar-refractivity contribution in [1.29, 1.82) is 0 Å². The maximum absolute atomic E-state index is 12.8. The molecule has 19 heavy (non-hydrogen) atoms. The van der Waals surface area contributed by atoms with Gasteiger partial charge in [-0.1, -0.05) is 0 Å². The highest BCUT2D eigenvalue weighted by atomic mass is 32.2. The van der Waals surface area contributed by atoms with Gasteiger partial charge in [0.2, 0.25) is 0 Å². The molecule has 0 aromatic heterocycles. The minimum Gasteiger partial charge on any atom is -0.508 e. The third-order valence-electron chi connectivity index (χ3n) is 2.69. The molecule has 0 unspecified atom stereocenters. The molecule has 2 rings (SSSR count). The van der Waals surface area contributed by atoms with Gasteiger partial charge in [-0.25, -0.2) is 12.8 Å². The molecule has 0 saturated heterocycles. The number of sulfonamides is 1. The van der Waals surface area contributed by atoms with Gasteiger partial charge in [0.25, 0.3) is 10.0 Å². The van der Waals surface area contributed by atoms with Crippen molar-refractivity contribution in [1.82, 2.24) is 0 Å². The minimum absolute atomic E-state index is 0.00414. The van der Waals surface area contributed by atoms with Gasteiger partial charge in [0.05, 0.1) is 10.6 Å². The Labute approximate surface area is 110 Å². The van der Waals surface area contributed by atoms with Crippen molar-refractivity contribution in [3.8, 4) is 5.75 Å². The van der Waals surface area contributed by atoms with E-state index in [0.29, 0.717) is 5.69 Å². The number of phenolic OH excluding ortho intramolecular Hbond substituents is 1. The van der Waals surface area contributed by atoms with E-state index < -0.39 is 15.8 Å². The highest BCUT2D eigenvalue weighted by molar-refractivity contribution is 7.92. The summed E-state index contributed by atoms with van der Waals surface area (Å²) in [6, 6.07) is 10.4. The van der Waals surface area contributed by atoms with Crippen LogP contribution in [0.4, 0.5) is 10.1 Å². The van der Waals surface area contributed by atoms with Gasteiger partial charge >= 0.3 is 0 Å². The zero-order valence-electron chi connectivity index (χ0n) is 10.1. The molecule has 0 amide bonds. The van der Waals surface area contributed by atoms with Gasteiger partial charge in [0.15, 0.2) is 0 Å². The number of nitrogens with zero attached hydrogens (tertiary/aromatic N) is 1. The Kier molecular flexibility index (Phi) is 3.44. The first kappa shape index (κ1) is 13.4. The molecule has 100 valence electrons. The highest BCUT2D eigenvalue weighted by Crippen LogP contribution is 2.23. The Morgan fingerprint density at radius 1 is 1.00 bits per heavy atom. The zero-order chi connectivity index (χ0) is 14.0. The van der Waals surface area contributed by atoms with Crippen LogP contribution in [0.3, 0.4) is 0 Å². The van der Waals surface area contributed by atoms with E-state index >= 15 is 0 Å². The summed E-state index contributed by atoms with van der Waals surface area (Å²) in [5, 5.41) is 9.18. The Hall–Kier alpha value is -2.08. The summed E-state index contributed by atoms with van der Waals surface area (Å²) in [5.74, 6) is -0.442. The van der Waals surface area contributed by atoms with Crippen LogP contribution in [0, 0.1) is 5.82 Å². The number of rotatable bonds is 3. The van der Waals surface area contributed by atoms with Crippen molar-refractivity contribution < 1.29 is 17.9 Å². The Bertz CT molecular complexity index is 666. The van der Waals surface area contributed by atoms with Crippen molar-refractivity contribution in [3.05, 3.63) is 54.3 Å². The Morgan fingerprint density at radius 3 is 2.05 bits per heavy atom. The fourth-order valence-electron chi connectivity index (χ4n) is 1.57. The van der Waals surface area contributed by atoms with Gasteiger partial charge in [-0.3, -0.25) is 4.31 Å². The van der Waals surface area contributed by atoms with Crippen molar-refractivity contribution in [2.75, 3.05) is 11.4 Å². The quantitative estimate of drug-likeness (QED) is 0.939. The van der Waals surface area contributed by atoms with Crippen LogP contribution in [0.15, 0.2) is 53.4 Å². The Balaban J connectivity index is 2.39. The zero-order valence-corrected chi connectivity index (χ0v) is 10.9. The normalized spacial score (nSPS) is 11.3. The van der Waals surface area contributed by atoms with Gasteiger partial charge in [-0.05, 0) is 48.5 Å². The van der Waals surface area contributed by atoms with Crippen molar-refractivity contribution in [3.63, 3.8) is 0 Å². The number of anilines is 1. The van der Waals surface area contributed by atoms with Crippen LogP contribution in [0.1, 0.15) is 0 Å². The Morgan fingerprint density at radius 2 is 1.53 bits per heavy atom. The summed E-state index contributed by atoms with van der Waals surface area (Å²) in [6.07, 6.45) is 0. The van der Waals surface area contributed by atoms with Crippen LogP contribution in [0.25, 0.3) is 0 Å². The number of phenols is 1. The highest BCUT2D eigenvalue weighted by Gasteiger charge is 2.21. The lowest BCUT2D eigenvalue weighted by molar-refractivity contribution is 0.475. The SMILES string of the molecule is CN(c1ccc(O)cc1)S(=O)(=O)c1ccc(F)cc1. The predicted molar refractivity (Wildman–Crippen MR) is 70.1 cm³/mol. The molecule has 6 heteroatoms. The van der Waals surface area contributed by atoms with Crippen LogP contribution in [-0.4, -0.2) is 20.6 Å². The van der Waals surface area contributed by atoms with E-state index in [0.717, 1.165) is 16.4 Å². The lowest BCUT2D eigenvalue weighted by atomic mass is 10.3. The second kappa shape index (κ2) is 4.89. The smallest absolute Gasteiger partial charge is 0.264 e. The molecular weight excluding hydrogens is 269 g/mol. The lowest BCUT2D eigenvalue weighted by Crippen LogP contribution is -2.26. The molecule has 0 atom stereocenters. The number of hydrogen-bond donors (Lipinski definition) is 1. The van der Waals surface area contributed by atoms with Crippen molar-refractivity contribution in [2.24, 2.45) is 0 Å². The number of aromatic hydroxyl groups is 1. The lowest BCUT2D eigenvalue weighted by Gasteiger charge is -2.19. The second-order valence-corrected chi connectivity index (χ2v) is 5.91. The van der Waals surface area contributed by atoms with Crippen molar-refractivity contribution in [2.45, 2.75) is 4.90 Å². The molecule has 0 fully saturated rings. The van der Waals surface area contributed by atoms with Gasteiger partial charge < -0.3 is 5.11 Å². The maximum atomic E-state index is 12.8. The molecule has 0 heterocycles. The molecule has 0 aliphatic carbocycles. The average molecular weight is 281 g/mol. The van der Waals surface area contributed by atoms with E-state index in [1.54, 1.807) is 0 Å².